The molecule has 0 saturated heterocycles. The van der Waals surface area contributed by atoms with Gasteiger partial charge < -0.3 is 5.73 Å². The molecule has 0 unspecified atom stereocenters. The Labute approximate surface area is 113 Å². The zero-order chi connectivity index (χ0) is 12.5. The highest BCUT2D eigenvalue weighted by molar-refractivity contribution is 7.10. The van der Waals surface area contributed by atoms with Gasteiger partial charge in [-0.2, -0.15) is 13.2 Å². The van der Waals surface area contributed by atoms with E-state index in [0.29, 0.717) is 5.56 Å². The van der Waals surface area contributed by atoms with Crippen molar-refractivity contribution in [3.63, 3.8) is 0 Å². The lowest BCUT2D eigenvalue weighted by atomic mass is 10.0. The Hall–Kier alpha value is -1.04. The molecule has 2 N–H and O–H groups in total. The Morgan fingerprint density at radius 2 is 1.67 bits per heavy atom. The van der Waals surface area contributed by atoms with Crippen molar-refractivity contribution in [2.75, 3.05) is 0 Å². The van der Waals surface area contributed by atoms with Crippen LogP contribution in [0.4, 0.5) is 13.2 Å². The van der Waals surface area contributed by atoms with Crippen molar-refractivity contribution in [1.29, 1.82) is 0 Å². The molecular weight excluding hydrogens is 283 g/mol. The first-order valence-corrected chi connectivity index (χ1v) is 5.82. The van der Waals surface area contributed by atoms with Gasteiger partial charge in [0.1, 0.15) is 0 Å². The molecule has 0 aliphatic carbocycles. The van der Waals surface area contributed by atoms with Gasteiger partial charge in [0.2, 0.25) is 0 Å². The maximum Gasteiger partial charge on any atom is 0.416 e. The lowest BCUT2D eigenvalue weighted by molar-refractivity contribution is -0.137. The molecule has 2 aromatic rings. The summed E-state index contributed by atoms with van der Waals surface area (Å²) in [4.78, 5) is 0.935. The van der Waals surface area contributed by atoms with E-state index in [9.17, 15) is 13.2 Å². The predicted molar refractivity (Wildman–Crippen MR) is 69.0 cm³/mol. The summed E-state index contributed by atoms with van der Waals surface area (Å²) in [5, 5.41) is 1.89. The van der Waals surface area contributed by atoms with E-state index in [1.807, 2.05) is 17.5 Å². The van der Waals surface area contributed by atoms with Crippen LogP contribution >= 0.6 is 23.7 Å². The minimum absolute atomic E-state index is 0. The highest BCUT2D eigenvalue weighted by atomic mass is 35.5. The van der Waals surface area contributed by atoms with E-state index in [-0.39, 0.29) is 18.4 Å². The number of thiophene rings is 1. The fourth-order valence-corrected chi connectivity index (χ4v) is 2.27. The van der Waals surface area contributed by atoms with E-state index in [1.165, 1.54) is 23.5 Å². The van der Waals surface area contributed by atoms with Crippen LogP contribution in [-0.2, 0) is 6.18 Å². The number of halogens is 4. The monoisotopic (exact) mass is 293 g/mol. The van der Waals surface area contributed by atoms with Crippen molar-refractivity contribution >= 4 is 23.7 Å². The molecule has 0 amide bonds. The molecule has 1 atom stereocenters. The number of benzene rings is 1. The minimum Gasteiger partial charge on any atom is -0.320 e. The molecule has 1 aromatic heterocycles. The maximum absolute atomic E-state index is 12.4. The van der Waals surface area contributed by atoms with Crippen molar-refractivity contribution in [2.45, 2.75) is 12.2 Å². The Morgan fingerprint density at radius 1 is 1.06 bits per heavy atom. The van der Waals surface area contributed by atoms with Crippen LogP contribution in [0.5, 0.6) is 0 Å². The van der Waals surface area contributed by atoms with E-state index < -0.39 is 11.7 Å². The first kappa shape index (κ1) is 15.0. The first-order chi connectivity index (χ1) is 7.98. The lowest BCUT2D eigenvalue weighted by Crippen LogP contribution is -2.11. The van der Waals surface area contributed by atoms with Crippen molar-refractivity contribution < 1.29 is 13.2 Å². The van der Waals surface area contributed by atoms with E-state index in [1.54, 1.807) is 0 Å². The standard InChI is InChI=1S/C12H10F3NS.ClH/c13-12(14,15)9-5-3-8(4-6-9)11(16)10-2-1-7-17-10;/h1-7,11H,16H2;1H/t11-;/m1./s1. The summed E-state index contributed by atoms with van der Waals surface area (Å²) < 4.78 is 37.1. The summed E-state index contributed by atoms with van der Waals surface area (Å²) in [6.45, 7) is 0. The van der Waals surface area contributed by atoms with Gasteiger partial charge in [-0.25, -0.2) is 0 Å². The molecule has 0 spiro atoms. The van der Waals surface area contributed by atoms with Crippen molar-refractivity contribution in [2.24, 2.45) is 5.73 Å². The highest BCUT2D eigenvalue weighted by Gasteiger charge is 2.30. The summed E-state index contributed by atoms with van der Waals surface area (Å²) in [5.41, 5.74) is 5.98. The van der Waals surface area contributed by atoms with Gasteiger partial charge in [0.05, 0.1) is 11.6 Å². The molecular formula is C12H11ClF3NS. The predicted octanol–water partition coefficient (Wildman–Crippen LogP) is 4.24. The first-order valence-electron chi connectivity index (χ1n) is 4.94. The molecule has 0 aliphatic heterocycles. The molecule has 6 heteroatoms. The molecule has 0 aliphatic rings. The largest absolute Gasteiger partial charge is 0.416 e. The SMILES string of the molecule is Cl.N[C@H](c1ccc(C(F)(F)F)cc1)c1cccs1. The van der Waals surface area contributed by atoms with Crippen LogP contribution in [0.2, 0.25) is 0 Å². The van der Waals surface area contributed by atoms with Crippen LogP contribution in [0.3, 0.4) is 0 Å². The van der Waals surface area contributed by atoms with Crippen LogP contribution in [0, 0.1) is 0 Å². The Bertz CT molecular complexity index is 479. The van der Waals surface area contributed by atoms with Gasteiger partial charge in [0.25, 0.3) is 0 Å². The second-order valence-electron chi connectivity index (χ2n) is 3.61. The summed E-state index contributed by atoms with van der Waals surface area (Å²) in [6.07, 6.45) is -4.30. The van der Waals surface area contributed by atoms with E-state index in [2.05, 4.69) is 0 Å². The smallest absolute Gasteiger partial charge is 0.320 e. The third-order valence-electron chi connectivity index (χ3n) is 2.45. The summed E-state index contributed by atoms with van der Waals surface area (Å²) in [7, 11) is 0. The minimum atomic E-state index is -4.30. The molecule has 0 bridgehead atoms. The summed E-state index contributed by atoms with van der Waals surface area (Å²) in [6, 6.07) is 8.33. The third-order valence-corrected chi connectivity index (χ3v) is 3.40. The molecule has 98 valence electrons. The van der Waals surface area contributed by atoms with E-state index in [0.717, 1.165) is 17.0 Å². The highest BCUT2D eigenvalue weighted by Crippen LogP contribution is 2.31. The maximum atomic E-state index is 12.4. The van der Waals surface area contributed by atoms with Crippen LogP contribution in [0.15, 0.2) is 41.8 Å². The van der Waals surface area contributed by atoms with Crippen LogP contribution < -0.4 is 5.73 Å². The second-order valence-corrected chi connectivity index (χ2v) is 4.59. The van der Waals surface area contributed by atoms with Gasteiger partial charge in [-0.15, -0.1) is 23.7 Å². The van der Waals surface area contributed by atoms with Crippen molar-refractivity contribution in [3.8, 4) is 0 Å². The van der Waals surface area contributed by atoms with Crippen LogP contribution in [0.1, 0.15) is 22.0 Å². The number of alkyl halides is 3. The topological polar surface area (TPSA) is 26.0 Å². The summed E-state index contributed by atoms with van der Waals surface area (Å²) in [5.74, 6) is 0. The van der Waals surface area contributed by atoms with Gasteiger partial charge in [-0.1, -0.05) is 18.2 Å². The molecule has 1 heterocycles. The Balaban J connectivity index is 0.00000162. The summed E-state index contributed by atoms with van der Waals surface area (Å²) >= 11 is 1.49. The average Bonchev–Trinajstić information content (AvgIpc) is 2.80. The molecule has 1 nitrogen and oxygen atoms in total. The van der Waals surface area contributed by atoms with Gasteiger partial charge >= 0.3 is 6.18 Å². The van der Waals surface area contributed by atoms with Gasteiger partial charge in [0.15, 0.2) is 0 Å². The van der Waals surface area contributed by atoms with Gasteiger partial charge in [-0.3, -0.25) is 0 Å². The van der Waals surface area contributed by atoms with Gasteiger partial charge in [-0.05, 0) is 29.1 Å². The average molecular weight is 294 g/mol. The normalized spacial score (nSPS) is 12.9. The fraction of sp³-hybridized carbons (Fsp3) is 0.167. The van der Waals surface area contributed by atoms with Crippen molar-refractivity contribution in [3.05, 3.63) is 57.8 Å². The second kappa shape index (κ2) is 5.73. The molecule has 0 fully saturated rings. The zero-order valence-corrected chi connectivity index (χ0v) is 10.8. The molecule has 18 heavy (non-hydrogen) atoms. The van der Waals surface area contributed by atoms with Gasteiger partial charge in [0, 0.05) is 4.88 Å². The number of hydrogen-bond donors (Lipinski definition) is 1. The molecule has 1 aromatic carbocycles. The quantitative estimate of drug-likeness (QED) is 0.881. The van der Waals surface area contributed by atoms with E-state index >= 15 is 0 Å². The zero-order valence-electron chi connectivity index (χ0n) is 9.15. The van der Waals surface area contributed by atoms with Crippen molar-refractivity contribution in [1.82, 2.24) is 0 Å². The molecule has 2 rings (SSSR count). The lowest BCUT2D eigenvalue weighted by Gasteiger charge is -2.12. The van der Waals surface area contributed by atoms with Crippen LogP contribution in [0.25, 0.3) is 0 Å². The molecule has 0 radical (unpaired) electrons. The fourth-order valence-electron chi connectivity index (χ4n) is 1.51. The number of hydrogen-bond acceptors (Lipinski definition) is 2. The number of nitrogens with two attached hydrogens (primary N) is 1. The molecule has 0 saturated carbocycles. The number of rotatable bonds is 2. The van der Waals surface area contributed by atoms with Crippen LogP contribution in [-0.4, -0.2) is 0 Å². The Morgan fingerprint density at radius 3 is 2.11 bits per heavy atom. The van der Waals surface area contributed by atoms with E-state index in [4.69, 9.17) is 5.73 Å². The Kier molecular flexibility index (Phi) is 4.78. The third kappa shape index (κ3) is 3.25.